The first-order valence-corrected chi connectivity index (χ1v) is 12.5. The van der Waals surface area contributed by atoms with Gasteiger partial charge in [0, 0.05) is 16.2 Å². The van der Waals surface area contributed by atoms with Crippen LogP contribution < -0.4 is 5.32 Å². The number of hydrogen-bond donors (Lipinski definition) is 1. The summed E-state index contributed by atoms with van der Waals surface area (Å²) in [5.41, 5.74) is 0.316. The topological polar surface area (TPSA) is 46.2 Å². The molecule has 0 fully saturated rings. The predicted molar refractivity (Wildman–Crippen MR) is 133 cm³/mol. The summed E-state index contributed by atoms with van der Waals surface area (Å²) in [6, 6.07) is 7.52. The Morgan fingerprint density at radius 3 is 2.07 bits per heavy atom. The number of para-hydroxylation sites is 1. The van der Waals surface area contributed by atoms with E-state index >= 15 is 0 Å². The van der Waals surface area contributed by atoms with E-state index in [1.54, 1.807) is 0 Å². The zero-order valence-electron chi connectivity index (χ0n) is 20.6. The van der Waals surface area contributed by atoms with Crippen LogP contribution in [0, 0.1) is 17.3 Å². The molecule has 0 saturated heterocycles. The maximum absolute atomic E-state index is 12.7. The Balaban J connectivity index is 0.00000122. The molecule has 0 unspecified atom stereocenters. The van der Waals surface area contributed by atoms with Crippen LogP contribution in [0.15, 0.2) is 29.2 Å². The van der Waals surface area contributed by atoms with Gasteiger partial charge in [0.2, 0.25) is 5.91 Å². The molecule has 1 N–H and O–H groups in total. The first kappa shape index (κ1) is 28.7. The second-order valence-electron chi connectivity index (χ2n) is 9.14. The van der Waals surface area contributed by atoms with E-state index < -0.39 is 5.41 Å². The van der Waals surface area contributed by atoms with Gasteiger partial charge in [-0.1, -0.05) is 106 Å². The molecule has 0 heterocycles. The standard InChI is InChI=1S/C20H31NO2S.C6H14/c1-6-7-8-11-14-20(4,5)19(23)21-16-12-9-10-13-17(16)24-18(22)15(2)3;1-4-6(3)5-2/h9-10,12-13,15H,6-8,11,14H2,1-5H3,(H,21,23);6H,4-5H2,1-3H3. The molecule has 172 valence electrons. The highest BCUT2D eigenvalue weighted by Gasteiger charge is 2.27. The number of rotatable bonds is 11. The highest BCUT2D eigenvalue weighted by atomic mass is 32.2. The van der Waals surface area contributed by atoms with Crippen LogP contribution in [-0.2, 0) is 9.59 Å². The van der Waals surface area contributed by atoms with Gasteiger partial charge in [-0.15, -0.1) is 0 Å². The zero-order valence-corrected chi connectivity index (χ0v) is 21.5. The van der Waals surface area contributed by atoms with Crippen LogP contribution in [0.2, 0.25) is 0 Å². The van der Waals surface area contributed by atoms with E-state index in [0.717, 1.165) is 29.3 Å². The lowest BCUT2D eigenvalue weighted by molar-refractivity contribution is -0.124. The highest BCUT2D eigenvalue weighted by molar-refractivity contribution is 8.13. The van der Waals surface area contributed by atoms with Crippen molar-refractivity contribution in [2.24, 2.45) is 17.3 Å². The molecular formula is C26H45NO2S. The molecule has 0 aliphatic rings. The molecule has 30 heavy (non-hydrogen) atoms. The Kier molecular flexibility index (Phi) is 14.8. The third-order valence-corrected chi connectivity index (χ3v) is 6.73. The number of anilines is 1. The van der Waals surface area contributed by atoms with Crippen molar-refractivity contribution in [3.63, 3.8) is 0 Å². The number of benzene rings is 1. The van der Waals surface area contributed by atoms with Crippen LogP contribution in [0.1, 0.15) is 100 Å². The van der Waals surface area contributed by atoms with Crippen LogP contribution in [0.25, 0.3) is 0 Å². The Hall–Kier alpha value is -1.29. The molecule has 3 nitrogen and oxygen atoms in total. The minimum Gasteiger partial charge on any atom is -0.325 e. The van der Waals surface area contributed by atoms with E-state index in [1.807, 2.05) is 52.0 Å². The maximum atomic E-state index is 12.7. The largest absolute Gasteiger partial charge is 0.325 e. The van der Waals surface area contributed by atoms with Gasteiger partial charge in [0.1, 0.15) is 0 Å². The van der Waals surface area contributed by atoms with Crippen molar-refractivity contribution >= 4 is 28.5 Å². The number of carbonyl (C=O) groups is 2. The number of carbonyl (C=O) groups excluding carboxylic acids is 2. The normalized spacial score (nSPS) is 11.3. The molecule has 1 aromatic carbocycles. The summed E-state index contributed by atoms with van der Waals surface area (Å²) >= 11 is 1.20. The number of thioether (sulfide) groups is 1. The van der Waals surface area contributed by atoms with Crippen molar-refractivity contribution in [3.05, 3.63) is 24.3 Å². The van der Waals surface area contributed by atoms with E-state index in [0.29, 0.717) is 0 Å². The number of amides is 1. The van der Waals surface area contributed by atoms with E-state index in [2.05, 4.69) is 33.0 Å². The smallest absolute Gasteiger partial charge is 0.230 e. The van der Waals surface area contributed by atoms with Crippen molar-refractivity contribution in [1.82, 2.24) is 0 Å². The summed E-state index contributed by atoms with van der Waals surface area (Å²) in [6.07, 6.45) is 8.18. The summed E-state index contributed by atoms with van der Waals surface area (Å²) in [4.78, 5) is 25.5. The Morgan fingerprint density at radius 1 is 0.967 bits per heavy atom. The van der Waals surface area contributed by atoms with Gasteiger partial charge in [-0.3, -0.25) is 9.59 Å². The quantitative estimate of drug-likeness (QED) is 0.280. The fourth-order valence-electron chi connectivity index (χ4n) is 2.57. The molecule has 0 atom stereocenters. The average Bonchev–Trinajstić information content (AvgIpc) is 2.72. The Bertz CT molecular complexity index is 621. The summed E-state index contributed by atoms with van der Waals surface area (Å²) in [7, 11) is 0. The van der Waals surface area contributed by atoms with Gasteiger partial charge in [-0.2, -0.15) is 0 Å². The third-order valence-electron chi connectivity index (χ3n) is 5.48. The van der Waals surface area contributed by atoms with Crippen molar-refractivity contribution in [2.45, 2.75) is 105 Å². The molecular weight excluding hydrogens is 390 g/mol. The Morgan fingerprint density at radius 2 is 1.57 bits per heavy atom. The van der Waals surface area contributed by atoms with Crippen LogP contribution in [0.5, 0.6) is 0 Å². The third kappa shape index (κ3) is 11.8. The summed E-state index contributed by atoms with van der Waals surface area (Å²) in [5, 5.41) is 3.13. The van der Waals surface area contributed by atoms with Crippen molar-refractivity contribution in [2.75, 3.05) is 5.32 Å². The first-order valence-electron chi connectivity index (χ1n) is 11.7. The van der Waals surface area contributed by atoms with Gasteiger partial charge in [-0.25, -0.2) is 0 Å². The van der Waals surface area contributed by atoms with Crippen LogP contribution in [-0.4, -0.2) is 11.0 Å². The van der Waals surface area contributed by atoms with Gasteiger partial charge >= 0.3 is 0 Å². The van der Waals surface area contributed by atoms with E-state index in [1.165, 1.54) is 43.9 Å². The summed E-state index contributed by atoms with van der Waals surface area (Å²) in [6.45, 7) is 16.7. The van der Waals surface area contributed by atoms with E-state index in [-0.39, 0.29) is 16.9 Å². The van der Waals surface area contributed by atoms with Crippen molar-refractivity contribution in [3.8, 4) is 0 Å². The highest BCUT2D eigenvalue weighted by Crippen LogP contribution is 2.32. The summed E-state index contributed by atoms with van der Waals surface area (Å²) in [5.74, 6) is 0.919. The van der Waals surface area contributed by atoms with Gasteiger partial charge in [0.15, 0.2) is 5.12 Å². The van der Waals surface area contributed by atoms with E-state index in [9.17, 15) is 9.59 Å². The molecule has 1 rings (SSSR count). The molecule has 0 radical (unpaired) electrons. The Labute approximate surface area is 190 Å². The monoisotopic (exact) mass is 435 g/mol. The van der Waals surface area contributed by atoms with Crippen LogP contribution >= 0.6 is 11.8 Å². The minimum atomic E-state index is -0.409. The molecule has 1 aromatic rings. The van der Waals surface area contributed by atoms with Gasteiger partial charge in [0.05, 0.1) is 5.69 Å². The fraction of sp³-hybridized carbons (Fsp3) is 0.692. The van der Waals surface area contributed by atoms with Crippen molar-refractivity contribution < 1.29 is 9.59 Å². The second kappa shape index (κ2) is 15.5. The molecule has 0 spiro atoms. The van der Waals surface area contributed by atoms with Gasteiger partial charge < -0.3 is 5.32 Å². The van der Waals surface area contributed by atoms with Crippen LogP contribution in [0.3, 0.4) is 0 Å². The molecule has 0 aromatic heterocycles. The average molecular weight is 436 g/mol. The minimum absolute atomic E-state index is 0.0176. The van der Waals surface area contributed by atoms with Gasteiger partial charge in [-0.05, 0) is 36.2 Å². The van der Waals surface area contributed by atoms with Crippen molar-refractivity contribution in [1.29, 1.82) is 0 Å². The SMILES string of the molecule is CCC(C)CC.CCCCCCC(C)(C)C(=O)Nc1ccccc1SC(=O)C(C)C. The second-order valence-corrected chi connectivity index (χ2v) is 10.2. The van der Waals surface area contributed by atoms with E-state index in [4.69, 9.17) is 0 Å². The summed E-state index contributed by atoms with van der Waals surface area (Å²) < 4.78 is 0. The molecule has 1 amide bonds. The lowest BCUT2D eigenvalue weighted by Crippen LogP contribution is -2.31. The first-order chi connectivity index (χ1) is 14.1. The molecule has 0 aliphatic heterocycles. The molecule has 4 heteroatoms. The molecule has 0 saturated carbocycles. The maximum Gasteiger partial charge on any atom is 0.230 e. The lowest BCUT2D eigenvalue weighted by Gasteiger charge is -2.24. The number of unbranched alkanes of at least 4 members (excludes halogenated alkanes) is 3. The molecule has 0 aliphatic carbocycles. The fourth-order valence-corrected chi connectivity index (χ4v) is 3.40. The van der Waals surface area contributed by atoms with Gasteiger partial charge in [0.25, 0.3) is 0 Å². The number of hydrogen-bond acceptors (Lipinski definition) is 3. The lowest BCUT2D eigenvalue weighted by atomic mass is 9.85. The zero-order chi connectivity index (χ0) is 23.2. The predicted octanol–water partition coefficient (Wildman–Crippen LogP) is 8.34. The molecule has 0 bridgehead atoms. The number of nitrogens with one attached hydrogen (secondary N) is 1. The van der Waals surface area contributed by atoms with Crippen LogP contribution in [0.4, 0.5) is 5.69 Å².